The molecule has 1 atom stereocenters. The Labute approximate surface area is 78.7 Å². The molecule has 74 valence electrons. The van der Waals surface area contributed by atoms with Crippen LogP contribution in [0, 0.1) is 0 Å². The standard InChI is InChI=1S/C9H17N3O/c13-9(12-5-1-2-6-12)11-8-3-4-10-7-8/h8,10H,1-7H2,(H,11,13). The highest BCUT2D eigenvalue weighted by Crippen LogP contribution is 2.08. The highest BCUT2D eigenvalue weighted by atomic mass is 16.2. The van der Waals surface area contributed by atoms with Crippen molar-refractivity contribution in [2.24, 2.45) is 0 Å². The van der Waals surface area contributed by atoms with E-state index >= 15 is 0 Å². The molecule has 1 unspecified atom stereocenters. The fraction of sp³-hybridized carbons (Fsp3) is 0.889. The van der Waals surface area contributed by atoms with Crippen molar-refractivity contribution in [3.05, 3.63) is 0 Å². The molecule has 0 aromatic carbocycles. The maximum atomic E-state index is 11.6. The van der Waals surface area contributed by atoms with E-state index in [1.807, 2.05) is 4.90 Å². The number of rotatable bonds is 1. The predicted molar refractivity (Wildman–Crippen MR) is 50.6 cm³/mol. The van der Waals surface area contributed by atoms with Crippen molar-refractivity contribution in [2.75, 3.05) is 26.2 Å². The first-order chi connectivity index (χ1) is 6.36. The lowest BCUT2D eigenvalue weighted by Gasteiger charge is -2.19. The molecule has 4 heteroatoms. The Kier molecular flexibility index (Phi) is 2.68. The molecular weight excluding hydrogens is 166 g/mol. The fourth-order valence-electron chi connectivity index (χ4n) is 1.96. The van der Waals surface area contributed by atoms with Crippen molar-refractivity contribution >= 4 is 6.03 Å². The minimum atomic E-state index is 0.131. The molecule has 0 radical (unpaired) electrons. The Bertz CT molecular complexity index is 183. The van der Waals surface area contributed by atoms with Crippen LogP contribution in [0.25, 0.3) is 0 Å². The third kappa shape index (κ3) is 2.12. The lowest BCUT2D eigenvalue weighted by atomic mass is 10.3. The minimum Gasteiger partial charge on any atom is -0.334 e. The summed E-state index contributed by atoms with van der Waals surface area (Å²) >= 11 is 0. The summed E-state index contributed by atoms with van der Waals surface area (Å²) in [6, 6.07) is 0.485. The minimum absolute atomic E-state index is 0.131. The molecule has 2 aliphatic heterocycles. The van der Waals surface area contributed by atoms with E-state index in [1.54, 1.807) is 0 Å². The number of amides is 2. The lowest BCUT2D eigenvalue weighted by Crippen LogP contribution is -2.44. The molecular formula is C9H17N3O. The Hall–Kier alpha value is -0.770. The van der Waals surface area contributed by atoms with Gasteiger partial charge in [0.25, 0.3) is 0 Å². The number of hydrogen-bond donors (Lipinski definition) is 2. The summed E-state index contributed by atoms with van der Waals surface area (Å²) in [7, 11) is 0. The van der Waals surface area contributed by atoms with Gasteiger partial charge in [0.1, 0.15) is 0 Å². The summed E-state index contributed by atoms with van der Waals surface area (Å²) in [4.78, 5) is 13.5. The second-order valence-corrected chi connectivity index (χ2v) is 3.83. The van der Waals surface area contributed by atoms with Crippen molar-refractivity contribution in [1.29, 1.82) is 0 Å². The molecule has 2 fully saturated rings. The molecule has 0 aromatic rings. The maximum Gasteiger partial charge on any atom is 0.317 e. The Balaban J connectivity index is 1.76. The van der Waals surface area contributed by atoms with Gasteiger partial charge >= 0.3 is 6.03 Å². The van der Waals surface area contributed by atoms with Gasteiger partial charge in [-0.1, -0.05) is 0 Å². The first-order valence-electron chi connectivity index (χ1n) is 5.12. The highest BCUT2D eigenvalue weighted by Gasteiger charge is 2.22. The zero-order valence-electron chi connectivity index (χ0n) is 7.88. The van der Waals surface area contributed by atoms with Crippen LogP contribution in [0.1, 0.15) is 19.3 Å². The Morgan fingerprint density at radius 3 is 2.77 bits per heavy atom. The Morgan fingerprint density at radius 2 is 2.15 bits per heavy atom. The molecule has 2 N–H and O–H groups in total. The molecule has 0 spiro atoms. The van der Waals surface area contributed by atoms with Crippen LogP contribution in [0.4, 0.5) is 4.79 Å². The largest absolute Gasteiger partial charge is 0.334 e. The van der Waals surface area contributed by atoms with Crippen LogP contribution in [0.2, 0.25) is 0 Å². The third-order valence-corrected chi connectivity index (χ3v) is 2.78. The molecule has 2 amide bonds. The zero-order chi connectivity index (χ0) is 9.10. The van der Waals surface area contributed by atoms with E-state index in [2.05, 4.69) is 10.6 Å². The quantitative estimate of drug-likeness (QED) is 0.608. The van der Waals surface area contributed by atoms with Gasteiger partial charge in [0.2, 0.25) is 0 Å². The molecule has 0 aromatic heterocycles. The van der Waals surface area contributed by atoms with Gasteiger partial charge in [-0.3, -0.25) is 0 Å². The van der Waals surface area contributed by atoms with Crippen LogP contribution in [-0.2, 0) is 0 Å². The van der Waals surface area contributed by atoms with Crippen LogP contribution in [-0.4, -0.2) is 43.2 Å². The summed E-state index contributed by atoms with van der Waals surface area (Å²) < 4.78 is 0. The van der Waals surface area contributed by atoms with E-state index in [0.717, 1.165) is 45.4 Å². The van der Waals surface area contributed by atoms with Gasteiger partial charge in [-0.25, -0.2) is 4.79 Å². The van der Waals surface area contributed by atoms with Gasteiger partial charge in [0, 0.05) is 25.7 Å². The summed E-state index contributed by atoms with van der Waals surface area (Å²) in [6.07, 6.45) is 3.40. The second-order valence-electron chi connectivity index (χ2n) is 3.83. The summed E-state index contributed by atoms with van der Waals surface area (Å²) in [5.41, 5.74) is 0. The summed E-state index contributed by atoms with van der Waals surface area (Å²) in [5.74, 6) is 0. The Morgan fingerprint density at radius 1 is 1.38 bits per heavy atom. The number of likely N-dealkylation sites (tertiary alicyclic amines) is 1. The maximum absolute atomic E-state index is 11.6. The van der Waals surface area contributed by atoms with Gasteiger partial charge in [0.05, 0.1) is 0 Å². The van der Waals surface area contributed by atoms with E-state index in [0.29, 0.717) is 6.04 Å². The van der Waals surface area contributed by atoms with Crippen molar-refractivity contribution in [1.82, 2.24) is 15.5 Å². The zero-order valence-corrected chi connectivity index (χ0v) is 7.88. The van der Waals surface area contributed by atoms with Gasteiger partial charge in [-0.05, 0) is 25.8 Å². The number of urea groups is 1. The molecule has 0 saturated carbocycles. The fourth-order valence-corrected chi connectivity index (χ4v) is 1.96. The lowest BCUT2D eigenvalue weighted by molar-refractivity contribution is 0.205. The first-order valence-corrected chi connectivity index (χ1v) is 5.12. The first kappa shape index (κ1) is 8.81. The molecule has 0 bridgehead atoms. The normalized spacial score (nSPS) is 28.0. The van der Waals surface area contributed by atoms with Gasteiger partial charge in [-0.15, -0.1) is 0 Å². The molecule has 2 rings (SSSR count). The average Bonchev–Trinajstić information content (AvgIpc) is 2.74. The van der Waals surface area contributed by atoms with E-state index < -0.39 is 0 Å². The molecule has 2 saturated heterocycles. The van der Waals surface area contributed by atoms with E-state index in [-0.39, 0.29) is 6.03 Å². The van der Waals surface area contributed by atoms with Crippen LogP contribution < -0.4 is 10.6 Å². The molecule has 2 aliphatic rings. The highest BCUT2D eigenvalue weighted by molar-refractivity contribution is 5.74. The van der Waals surface area contributed by atoms with E-state index in [9.17, 15) is 4.79 Å². The van der Waals surface area contributed by atoms with Gasteiger partial charge in [-0.2, -0.15) is 0 Å². The van der Waals surface area contributed by atoms with E-state index in [4.69, 9.17) is 0 Å². The van der Waals surface area contributed by atoms with Crippen LogP contribution in [0.15, 0.2) is 0 Å². The molecule has 4 nitrogen and oxygen atoms in total. The van der Waals surface area contributed by atoms with Crippen LogP contribution in [0.3, 0.4) is 0 Å². The van der Waals surface area contributed by atoms with Gasteiger partial charge in [0.15, 0.2) is 0 Å². The molecule has 13 heavy (non-hydrogen) atoms. The predicted octanol–water partition coefficient (Wildman–Crippen LogP) is 0.154. The van der Waals surface area contributed by atoms with Crippen LogP contribution >= 0.6 is 0 Å². The monoisotopic (exact) mass is 183 g/mol. The summed E-state index contributed by atoms with van der Waals surface area (Å²) in [6.45, 7) is 3.84. The van der Waals surface area contributed by atoms with Crippen molar-refractivity contribution in [3.63, 3.8) is 0 Å². The van der Waals surface area contributed by atoms with Gasteiger partial charge < -0.3 is 15.5 Å². The molecule has 2 heterocycles. The second kappa shape index (κ2) is 3.96. The smallest absolute Gasteiger partial charge is 0.317 e. The van der Waals surface area contributed by atoms with Crippen LogP contribution in [0.5, 0.6) is 0 Å². The summed E-state index contributed by atoms with van der Waals surface area (Å²) in [5, 5.41) is 6.28. The topological polar surface area (TPSA) is 44.4 Å². The van der Waals surface area contributed by atoms with Crippen molar-refractivity contribution in [2.45, 2.75) is 25.3 Å². The molecule has 0 aliphatic carbocycles. The number of nitrogens with zero attached hydrogens (tertiary/aromatic N) is 1. The van der Waals surface area contributed by atoms with E-state index in [1.165, 1.54) is 0 Å². The third-order valence-electron chi connectivity index (χ3n) is 2.78. The average molecular weight is 183 g/mol. The van der Waals surface area contributed by atoms with Crippen molar-refractivity contribution < 1.29 is 4.79 Å². The van der Waals surface area contributed by atoms with Crippen molar-refractivity contribution in [3.8, 4) is 0 Å². The number of nitrogens with one attached hydrogen (secondary N) is 2. The SMILES string of the molecule is O=C(NC1CCNC1)N1CCCC1. The number of hydrogen-bond acceptors (Lipinski definition) is 2. The number of carbonyl (C=O) groups is 1. The number of carbonyl (C=O) groups excluding carboxylic acids is 1.